The summed E-state index contributed by atoms with van der Waals surface area (Å²) in [7, 11) is 0. The van der Waals surface area contributed by atoms with Crippen LogP contribution >= 0.6 is 11.6 Å². The van der Waals surface area contributed by atoms with E-state index in [1.165, 1.54) is 4.52 Å². The molecule has 0 bridgehead atoms. The number of aryl methyl sites for hydroxylation is 1. The van der Waals surface area contributed by atoms with Gasteiger partial charge in [0.15, 0.2) is 5.69 Å². The number of fused-ring (bicyclic) bond motifs is 1. The zero-order valence-electron chi connectivity index (χ0n) is 19.6. The van der Waals surface area contributed by atoms with Crippen LogP contribution in [0.5, 0.6) is 0 Å². The van der Waals surface area contributed by atoms with E-state index in [1.54, 1.807) is 24.4 Å². The zero-order valence-corrected chi connectivity index (χ0v) is 20.3. The molecule has 1 aliphatic rings. The molecule has 5 rings (SSSR count). The van der Waals surface area contributed by atoms with Gasteiger partial charge in [0, 0.05) is 10.6 Å². The highest BCUT2D eigenvalue weighted by atomic mass is 35.5. The SMILES string of the molecule is Cc1cc(-c2cn3nc(C(=O)N[C@@H](c4ccc(F)cc4)C(F)(F)CO)c(C4CC4)c3c(=O)[nH]2)ccc1Cl. The van der Waals surface area contributed by atoms with Crippen molar-refractivity contribution >= 4 is 23.0 Å². The summed E-state index contributed by atoms with van der Waals surface area (Å²) in [5, 5.41) is 16.4. The predicted molar refractivity (Wildman–Crippen MR) is 132 cm³/mol. The van der Waals surface area contributed by atoms with E-state index in [9.17, 15) is 27.9 Å². The van der Waals surface area contributed by atoms with Gasteiger partial charge >= 0.3 is 0 Å². The lowest BCUT2D eigenvalue weighted by Gasteiger charge is -2.26. The topological polar surface area (TPSA) is 99.5 Å². The Morgan fingerprint density at radius 1 is 1.27 bits per heavy atom. The fourth-order valence-electron chi connectivity index (χ4n) is 4.37. The summed E-state index contributed by atoms with van der Waals surface area (Å²) in [6, 6.07) is 7.47. The van der Waals surface area contributed by atoms with Crippen LogP contribution in [0.2, 0.25) is 5.02 Å². The number of aromatic amines is 1. The lowest BCUT2D eigenvalue weighted by molar-refractivity contribution is -0.0786. The van der Waals surface area contributed by atoms with E-state index in [0.29, 0.717) is 34.7 Å². The van der Waals surface area contributed by atoms with Crippen LogP contribution in [0.3, 0.4) is 0 Å². The van der Waals surface area contributed by atoms with Crippen LogP contribution in [-0.2, 0) is 0 Å². The number of carbonyl (C=O) groups excluding carboxylic acids is 1. The van der Waals surface area contributed by atoms with Crippen LogP contribution in [-0.4, -0.2) is 38.1 Å². The molecule has 11 heteroatoms. The second kappa shape index (κ2) is 9.35. The van der Waals surface area contributed by atoms with E-state index in [-0.39, 0.29) is 22.7 Å². The van der Waals surface area contributed by atoms with E-state index >= 15 is 0 Å². The van der Waals surface area contributed by atoms with Gasteiger partial charge in [-0.3, -0.25) is 9.59 Å². The van der Waals surface area contributed by atoms with E-state index in [1.807, 2.05) is 6.92 Å². The number of hydrogen-bond acceptors (Lipinski definition) is 4. The molecule has 1 amide bonds. The second-order valence-corrected chi connectivity index (χ2v) is 9.57. The lowest BCUT2D eigenvalue weighted by Crippen LogP contribution is -2.43. The quantitative estimate of drug-likeness (QED) is 0.320. The molecule has 0 spiro atoms. The monoisotopic (exact) mass is 530 g/mol. The Bertz CT molecular complexity index is 1560. The minimum absolute atomic E-state index is 0.0937. The molecule has 37 heavy (non-hydrogen) atoms. The summed E-state index contributed by atoms with van der Waals surface area (Å²) in [4.78, 5) is 29.3. The molecule has 0 unspecified atom stereocenters. The Balaban J connectivity index is 1.58. The number of carbonyl (C=O) groups is 1. The van der Waals surface area contributed by atoms with Crippen LogP contribution in [0.1, 0.15) is 52.0 Å². The van der Waals surface area contributed by atoms with E-state index in [0.717, 1.165) is 29.8 Å². The zero-order chi connectivity index (χ0) is 26.5. The van der Waals surface area contributed by atoms with Gasteiger partial charge in [0.25, 0.3) is 17.4 Å². The first-order chi connectivity index (χ1) is 17.6. The van der Waals surface area contributed by atoms with E-state index in [4.69, 9.17) is 11.6 Å². The number of benzene rings is 2. The Morgan fingerprint density at radius 2 is 1.97 bits per heavy atom. The van der Waals surface area contributed by atoms with Gasteiger partial charge < -0.3 is 15.4 Å². The van der Waals surface area contributed by atoms with E-state index in [2.05, 4.69) is 15.4 Å². The molecule has 2 aromatic heterocycles. The number of hydrogen-bond donors (Lipinski definition) is 3. The first-order valence-electron chi connectivity index (χ1n) is 11.6. The standard InChI is InChI=1S/C26H22ClF3N4O3/c1-13-10-16(6-9-18(13)27)19-11-34-22(25(37)31-19)20(14-2-3-14)21(33-34)24(36)32-23(26(29,30)12-35)15-4-7-17(28)8-5-15/h4-11,14,23,35H,2-3,12H2,1H3,(H,31,37)(H,32,36)/t23-/m0/s1. The van der Waals surface area contributed by atoms with Crippen molar-refractivity contribution < 1.29 is 23.1 Å². The smallest absolute Gasteiger partial charge is 0.294 e. The maximum Gasteiger partial charge on any atom is 0.294 e. The van der Waals surface area contributed by atoms with Crippen molar-refractivity contribution in [2.24, 2.45) is 0 Å². The number of aliphatic hydroxyl groups is 1. The molecule has 1 atom stereocenters. The highest BCUT2D eigenvalue weighted by Crippen LogP contribution is 2.43. The first kappa shape index (κ1) is 25.0. The summed E-state index contributed by atoms with van der Waals surface area (Å²) < 4.78 is 44.0. The molecule has 1 aliphatic carbocycles. The van der Waals surface area contributed by atoms with Crippen LogP contribution in [0, 0.1) is 12.7 Å². The minimum Gasteiger partial charge on any atom is -0.390 e. The van der Waals surface area contributed by atoms with Crippen LogP contribution in [0.25, 0.3) is 16.8 Å². The number of halogens is 4. The van der Waals surface area contributed by atoms with Crippen molar-refractivity contribution in [2.45, 2.75) is 37.6 Å². The summed E-state index contributed by atoms with van der Waals surface area (Å²) in [5.41, 5.74) is 1.73. The fraction of sp³-hybridized carbons (Fsp3) is 0.269. The number of rotatable bonds is 7. The second-order valence-electron chi connectivity index (χ2n) is 9.17. The predicted octanol–water partition coefficient (Wildman–Crippen LogP) is 4.77. The molecule has 1 saturated carbocycles. The van der Waals surface area contributed by atoms with Crippen LogP contribution in [0.15, 0.2) is 53.5 Å². The van der Waals surface area contributed by atoms with E-state index < -0.39 is 35.9 Å². The summed E-state index contributed by atoms with van der Waals surface area (Å²) in [6.45, 7) is 0.281. The van der Waals surface area contributed by atoms with Gasteiger partial charge in [-0.15, -0.1) is 0 Å². The molecule has 4 aromatic rings. The van der Waals surface area contributed by atoms with Gasteiger partial charge in [0.05, 0.1) is 11.9 Å². The summed E-state index contributed by atoms with van der Waals surface area (Å²) >= 11 is 6.11. The maximum absolute atomic E-state index is 14.7. The Kier molecular flexibility index (Phi) is 6.33. The number of aromatic nitrogens is 3. The first-order valence-corrected chi connectivity index (χ1v) is 11.9. The molecule has 1 fully saturated rings. The van der Waals surface area contributed by atoms with Crippen molar-refractivity contribution in [3.8, 4) is 11.3 Å². The van der Waals surface area contributed by atoms with Crippen molar-refractivity contribution in [3.05, 3.63) is 92.2 Å². The van der Waals surface area contributed by atoms with Gasteiger partial charge in [-0.05, 0) is 66.6 Å². The summed E-state index contributed by atoms with van der Waals surface area (Å²) in [5.74, 6) is -5.44. The molecular formula is C26H22ClF3N4O3. The number of aliphatic hydroxyl groups excluding tert-OH is 1. The molecule has 7 nitrogen and oxygen atoms in total. The van der Waals surface area contributed by atoms with Gasteiger partial charge in [0.2, 0.25) is 0 Å². The summed E-state index contributed by atoms with van der Waals surface area (Å²) in [6.07, 6.45) is 2.99. The number of amides is 1. The minimum atomic E-state index is -3.75. The third-order valence-corrected chi connectivity index (χ3v) is 6.87. The number of nitrogens with zero attached hydrogens (tertiary/aromatic N) is 2. The third-order valence-electron chi connectivity index (χ3n) is 6.44. The highest BCUT2D eigenvalue weighted by molar-refractivity contribution is 6.31. The van der Waals surface area contributed by atoms with Crippen molar-refractivity contribution in [1.82, 2.24) is 19.9 Å². The number of nitrogens with one attached hydrogen (secondary N) is 2. The fourth-order valence-corrected chi connectivity index (χ4v) is 4.48. The average Bonchev–Trinajstić information content (AvgIpc) is 3.63. The molecular weight excluding hydrogens is 509 g/mol. The Hall–Kier alpha value is -3.63. The normalized spacial score (nSPS) is 14.6. The van der Waals surface area contributed by atoms with Gasteiger partial charge in [-0.25, -0.2) is 17.7 Å². The number of H-pyrrole nitrogens is 1. The van der Waals surface area contributed by atoms with Crippen molar-refractivity contribution in [1.29, 1.82) is 0 Å². The van der Waals surface area contributed by atoms with Crippen molar-refractivity contribution in [3.63, 3.8) is 0 Å². The van der Waals surface area contributed by atoms with Crippen LogP contribution in [0.4, 0.5) is 13.2 Å². The largest absolute Gasteiger partial charge is 0.390 e. The lowest BCUT2D eigenvalue weighted by atomic mass is 10.00. The Morgan fingerprint density at radius 3 is 2.59 bits per heavy atom. The molecule has 192 valence electrons. The molecule has 0 aliphatic heterocycles. The Labute approximate surface area is 213 Å². The van der Waals surface area contributed by atoms with Crippen LogP contribution < -0.4 is 10.9 Å². The van der Waals surface area contributed by atoms with Gasteiger partial charge in [0.1, 0.15) is 24.0 Å². The molecule has 0 radical (unpaired) electrons. The van der Waals surface area contributed by atoms with Gasteiger partial charge in [-0.1, -0.05) is 29.8 Å². The highest BCUT2D eigenvalue weighted by Gasteiger charge is 2.43. The maximum atomic E-state index is 14.7. The van der Waals surface area contributed by atoms with Gasteiger partial charge in [-0.2, -0.15) is 5.10 Å². The molecule has 2 heterocycles. The third kappa shape index (κ3) is 4.74. The average molecular weight is 531 g/mol. The molecule has 0 saturated heterocycles. The molecule has 3 N–H and O–H groups in total. The molecule has 2 aromatic carbocycles. The number of alkyl halides is 2. The van der Waals surface area contributed by atoms with Crippen molar-refractivity contribution in [2.75, 3.05) is 6.61 Å².